The lowest BCUT2D eigenvalue weighted by Gasteiger charge is -2.60. The summed E-state index contributed by atoms with van der Waals surface area (Å²) < 4.78 is 0.240. The Hall–Kier alpha value is -1.11. The average molecular weight is 440 g/mol. The number of nitrogens with one attached hydrogen (secondary N) is 2. The monoisotopic (exact) mass is 439 g/mol. The molecule has 3 amide bonds. The Kier molecular flexibility index (Phi) is 5.02. The number of hydrogen-bond donors (Lipinski definition) is 2. The SMILES string of the molecule is CNC(=O)C1CCCN1C(=O)CNC(=O)CC12CC3CC(CC(Br)(C3)C1)C2. The first-order chi connectivity index (χ1) is 12.8. The molecule has 6 nitrogen and oxygen atoms in total. The van der Waals surface area contributed by atoms with Crippen LogP contribution in [-0.2, 0) is 14.4 Å². The Balaban J connectivity index is 1.31. The number of alkyl halides is 1. The summed E-state index contributed by atoms with van der Waals surface area (Å²) in [6, 6.07) is -0.393. The molecule has 3 atom stereocenters. The van der Waals surface area contributed by atoms with Gasteiger partial charge in [-0.15, -0.1) is 0 Å². The molecule has 2 N–H and O–H groups in total. The molecule has 0 radical (unpaired) electrons. The normalized spacial score (nSPS) is 39.5. The first-order valence-corrected chi connectivity index (χ1v) is 11.1. The van der Waals surface area contributed by atoms with Crippen LogP contribution in [0, 0.1) is 17.3 Å². The molecule has 0 aromatic rings. The maximum Gasteiger partial charge on any atom is 0.242 e. The molecule has 1 aliphatic heterocycles. The zero-order valence-corrected chi connectivity index (χ0v) is 17.6. The highest BCUT2D eigenvalue weighted by molar-refractivity contribution is 9.10. The van der Waals surface area contributed by atoms with Crippen molar-refractivity contribution < 1.29 is 14.4 Å². The van der Waals surface area contributed by atoms with Crippen LogP contribution >= 0.6 is 15.9 Å². The van der Waals surface area contributed by atoms with Crippen LogP contribution in [0.1, 0.15) is 57.8 Å². The average Bonchev–Trinajstić information content (AvgIpc) is 3.06. The third-order valence-corrected chi connectivity index (χ3v) is 8.13. The number of hydrogen-bond acceptors (Lipinski definition) is 3. The smallest absolute Gasteiger partial charge is 0.242 e. The molecule has 4 bridgehead atoms. The largest absolute Gasteiger partial charge is 0.357 e. The van der Waals surface area contributed by atoms with E-state index in [0.29, 0.717) is 19.4 Å². The second-order valence-electron chi connectivity index (χ2n) is 9.42. The lowest BCUT2D eigenvalue weighted by Crippen LogP contribution is -2.54. The highest BCUT2D eigenvalue weighted by Crippen LogP contribution is 2.65. The molecular weight excluding hydrogens is 410 g/mol. The maximum absolute atomic E-state index is 12.6. The summed E-state index contributed by atoms with van der Waals surface area (Å²) in [5.41, 5.74) is 0.110. The molecule has 7 heteroatoms. The van der Waals surface area contributed by atoms with Crippen molar-refractivity contribution in [2.45, 2.75) is 68.2 Å². The third kappa shape index (κ3) is 3.76. The highest BCUT2D eigenvalue weighted by Gasteiger charge is 2.57. The van der Waals surface area contributed by atoms with Crippen LogP contribution < -0.4 is 10.6 Å². The first-order valence-electron chi connectivity index (χ1n) is 10.3. The van der Waals surface area contributed by atoms with E-state index in [-0.39, 0.29) is 34.0 Å². The molecule has 3 unspecified atom stereocenters. The lowest BCUT2D eigenvalue weighted by atomic mass is 9.48. The molecule has 0 aromatic carbocycles. The van der Waals surface area contributed by atoms with Gasteiger partial charge in [-0.05, 0) is 68.6 Å². The van der Waals surface area contributed by atoms with E-state index in [1.165, 1.54) is 19.3 Å². The van der Waals surface area contributed by atoms with Gasteiger partial charge < -0.3 is 15.5 Å². The molecule has 4 saturated carbocycles. The van der Waals surface area contributed by atoms with Gasteiger partial charge in [0.1, 0.15) is 6.04 Å². The number of likely N-dealkylation sites (N-methyl/N-ethyl adjacent to an activating group) is 1. The molecule has 0 aromatic heterocycles. The summed E-state index contributed by atoms with van der Waals surface area (Å²) in [6.07, 6.45) is 9.27. The zero-order chi connectivity index (χ0) is 19.2. The number of carbonyl (C=O) groups excluding carboxylic acids is 3. The third-order valence-electron chi connectivity index (χ3n) is 7.21. The molecule has 5 aliphatic rings. The molecule has 27 heavy (non-hydrogen) atoms. The van der Waals surface area contributed by atoms with Gasteiger partial charge in [0, 0.05) is 24.3 Å². The minimum Gasteiger partial charge on any atom is -0.357 e. The number of halogens is 1. The van der Waals surface area contributed by atoms with Crippen LogP contribution in [0.25, 0.3) is 0 Å². The van der Waals surface area contributed by atoms with Gasteiger partial charge in [0.05, 0.1) is 6.54 Å². The number of rotatable bonds is 5. The Morgan fingerprint density at radius 3 is 2.48 bits per heavy atom. The predicted octanol–water partition coefficient (Wildman–Crippen LogP) is 1.96. The van der Waals surface area contributed by atoms with E-state index in [0.717, 1.165) is 37.5 Å². The second-order valence-corrected chi connectivity index (χ2v) is 11.1. The van der Waals surface area contributed by atoms with Crippen molar-refractivity contribution in [3.8, 4) is 0 Å². The van der Waals surface area contributed by atoms with E-state index in [1.807, 2.05) is 0 Å². The van der Waals surface area contributed by atoms with Gasteiger partial charge >= 0.3 is 0 Å². The van der Waals surface area contributed by atoms with Crippen molar-refractivity contribution in [3.63, 3.8) is 0 Å². The number of likely N-dealkylation sites (tertiary alicyclic amines) is 1. The first kappa shape index (κ1) is 19.2. The van der Waals surface area contributed by atoms with Crippen LogP contribution in [0.2, 0.25) is 0 Å². The maximum atomic E-state index is 12.6. The van der Waals surface area contributed by atoms with Gasteiger partial charge in [-0.25, -0.2) is 0 Å². The number of nitrogens with zero attached hydrogens (tertiary/aromatic N) is 1. The quantitative estimate of drug-likeness (QED) is 0.642. The minimum absolute atomic E-state index is 0.00524. The van der Waals surface area contributed by atoms with Crippen LogP contribution in [-0.4, -0.2) is 53.1 Å². The van der Waals surface area contributed by atoms with Crippen LogP contribution in [0.15, 0.2) is 0 Å². The van der Waals surface area contributed by atoms with E-state index in [2.05, 4.69) is 26.6 Å². The minimum atomic E-state index is -0.393. The van der Waals surface area contributed by atoms with E-state index in [9.17, 15) is 14.4 Å². The molecular formula is C20H30BrN3O3. The van der Waals surface area contributed by atoms with Crippen molar-refractivity contribution in [2.24, 2.45) is 17.3 Å². The molecule has 1 heterocycles. The van der Waals surface area contributed by atoms with Crippen LogP contribution in [0.5, 0.6) is 0 Å². The standard InChI is InChI=1S/C20H30BrN3O3/c1-22-18(27)15-3-2-4-24(15)17(26)11-23-16(25)10-19-6-13-5-14(7-19)9-20(21,8-13)12-19/h13-15H,2-12H2,1H3,(H,22,27)(H,23,25). The van der Waals surface area contributed by atoms with Crippen LogP contribution in [0.3, 0.4) is 0 Å². The van der Waals surface area contributed by atoms with Gasteiger partial charge in [0.25, 0.3) is 0 Å². The number of amides is 3. The summed E-state index contributed by atoms with van der Waals surface area (Å²) in [5, 5.41) is 5.47. The summed E-state index contributed by atoms with van der Waals surface area (Å²) in [6.45, 7) is 0.584. The molecule has 4 aliphatic carbocycles. The molecule has 5 fully saturated rings. The second kappa shape index (κ2) is 7.05. The van der Waals surface area contributed by atoms with E-state index in [1.54, 1.807) is 11.9 Å². The fourth-order valence-electron chi connectivity index (χ4n) is 6.73. The Morgan fingerprint density at radius 1 is 1.15 bits per heavy atom. The van der Waals surface area contributed by atoms with Crippen molar-refractivity contribution in [3.05, 3.63) is 0 Å². The summed E-state index contributed by atoms with van der Waals surface area (Å²) in [7, 11) is 1.59. The van der Waals surface area contributed by atoms with Crippen LogP contribution in [0.4, 0.5) is 0 Å². The molecule has 0 spiro atoms. The number of carbonyl (C=O) groups is 3. The Bertz CT molecular complexity index is 638. The van der Waals surface area contributed by atoms with Gasteiger partial charge in [-0.2, -0.15) is 0 Å². The zero-order valence-electron chi connectivity index (χ0n) is 16.1. The van der Waals surface area contributed by atoms with Crippen molar-refractivity contribution in [1.29, 1.82) is 0 Å². The fraction of sp³-hybridized carbons (Fsp3) is 0.850. The van der Waals surface area contributed by atoms with Gasteiger partial charge in [-0.3, -0.25) is 14.4 Å². The fourth-order valence-corrected chi connectivity index (χ4v) is 8.24. The summed E-state index contributed by atoms with van der Waals surface area (Å²) >= 11 is 3.99. The molecule has 5 rings (SSSR count). The van der Waals surface area contributed by atoms with Crippen molar-refractivity contribution in [2.75, 3.05) is 20.1 Å². The summed E-state index contributed by atoms with van der Waals surface area (Å²) in [4.78, 5) is 38.7. The molecule has 1 saturated heterocycles. The van der Waals surface area contributed by atoms with Gasteiger partial charge in [0.2, 0.25) is 17.7 Å². The van der Waals surface area contributed by atoms with Gasteiger partial charge in [-0.1, -0.05) is 15.9 Å². The van der Waals surface area contributed by atoms with Crippen molar-refractivity contribution >= 4 is 33.7 Å². The Morgan fingerprint density at radius 2 is 1.85 bits per heavy atom. The Labute approximate surface area is 169 Å². The molecule has 150 valence electrons. The summed E-state index contributed by atoms with van der Waals surface area (Å²) in [5.74, 6) is 1.20. The van der Waals surface area contributed by atoms with E-state index in [4.69, 9.17) is 0 Å². The predicted molar refractivity (Wildman–Crippen MR) is 105 cm³/mol. The van der Waals surface area contributed by atoms with Crippen molar-refractivity contribution in [1.82, 2.24) is 15.5 Å². The topological polar surface area (TPSA) is 78.5 Å². The lowest BCUT2D eigenvalue weighted by molar-refractivity contribution is -0.139. The van der Waals surface area contributed by atoms with E-state index >= 15 is 0 Å². The highest BCUT2D eigenvalue weighted by atomic mass is 79.9. The van der Waals surface area contributed by atoms with Gasteiger partial charge in [0.15, 0.2) is 0 Å². The van der Waals surface area contributed by atoms with E-state index < -0.39 is 6.04 Å².